The highest BCUT2D eigenvalue weighted by atomic mass is 16.6. The molecule has 0 aromatic heterocycles. The molecular weight excluding hydrogens is 190 g/mol. The van der Waals surface area contributed by atoms with Crippen molar-refractivity contribution >= 4 is 0 Å². The maximum Gasteiger partial charge on any atom is 0.165 e. The molecule has 2 rings (SSSR count). The Kier molecular flexibility index (Phi) is 2.51. The van der Waals surface area contributed by atoms with Gasteiger partial charge in [-0.15, -0.1) is 0 Å². The van der Waals surface area contributed by atoms with Gasteiger partial charge in [0.15, 0.2) is 11.5 Å². The van der Waals surface area contributed by atoms with Crippen molar-refractivity contribution in [1.82, 2.24) is 0 Å². The second kappa shape index (κ2) is 3.82. The molecule has 0 fully saturated rings. The number of hydrogen-bond acceptors (Lipinski definition) is 3. The van der Waals surface area contributed by atoms with E-state index in [0.717, 1.165) is 28.2 Å². The van der Waals surface area contributed by atoms with Gasteiger partial charge in [-0.05, 0) is 25.0 Å². The minimum Gasteiger partial charge on any atom is -0.486 e. The van der Waals surface area contributed by atoms with Crippen molar-refractivity contribution in [2.24, 2.45) is 0 Å². The van der Waals surface area contributed by atoms with Crippen LogP contribution in [0, 0.1) is 25.2 Å². The molecule has 0 radical (unpaired) electrons. The number of fused-ring (bicyclic) bond motifs is 1. The molecule has 0 N–H and O–H groups in total. The van der Waals surface area contributed by atoms with Crippen LogP contribution in [0.2, 0.25) is 0 Å². The number of hydrogen-bond donors (Lipinski definition) is 0. The number of aryl methyl sites for hydroxylation is 1. The van der Waals surface area contributed by atoms with E-state index in [1.807, 2.05) is 19.9 Å². The molecule has 0 atom stereocenters. The molecule has 0 aliphatic carbocycles. The van der Waals surface area contributed by atoms with E-state index in [1.54, 1.807) is 0 Å². The minimum absolute atomic E-state index is 0.368. The summed E-state index contributed by atoms with van der Waals surface area (Å²) in [5.41, 5.74) is 3.17. The second-order valence-corrected chi connectivity index (χ2v) is 3.67. The number of benzene rings is 1. The summed E-state index contributed by atoms with van der Waals surface area (Å²) in [7, 11) is 0. The van der Waals surface area contributed by atoms with E-state index in [9.17, 15) is 0 Å². The summed E-state index contributed by atoms with van der Waals surface area (Å²) >= 11 is 0. The molecule has 1 aromatic carbocycles. The first kappa shape index (κ1) is 9.85. The molecule has 15 heavy (non-hydrogen) atoms. The quantitative estimate of drug-likeness (QED) is 0.702. The van der Waals surface area contributed by atoms with Crippen molar-refractivity contribution < 1.29 is 9.47 Å². The molecule has 1 aliphatic heterocycles. The van der Waals surface area contributed by atoms with E-state index in [2.05, 4.69) is 6.07 Å². The van der Waals surface area contributed by atoms with E-state index in [1.165, 1.54) is 0 Å². The van der Waals surface area contributed by atoms with Crippen LogP contribution in [0.3, 0.4) is 0 Å². The van der Waals surface area contributed by atoms with Crippen molar-refractivity contribution in [3.63, 3.8) is 0 Å². The number of nitriles is 1. The second-order valence-electron chi connectivity index (χ2n) is 3.67. The van der Waals surface area contributed by atoms with Crippen LogP contribution in [0.15, 0.2) is 6.07 Å². The zero-order valence-corrected chi connectivity index (χ0v) is 8.96. The molecule has 0 amide bonds. The van der Waals surface area contributed by atoms with Crippen LogP contribution in [0.25, 0.3) is 0 Å². The lowest BCUT2D eigenvalue weighted by atomic mass is 10.0. The van der Waals surface area contributed by atoms with Crippen LogP contribution in [-0.4, -0.2) is 13.2 Å². The maximum absolute atomic E-state index is 8.74. The zero-order chi connectivity index (χ0) is 10.8. The van der Waals surface area contributed by atoms with Crippen molar-refractivity contribution in [2.75, 3.05) is 13.2 Å². The summed E-state index contributed by atoms with van der Waals surface area (Å²) in [5, 5.41) is 8.74. The predicted molar refractivity (Wildman–Crippen MR) is 56.2 cm³/mol. The molecule has 0 spiro atoms. The normalized spacial score (nSPS) is 13.4. The van der Waals surface area contributed by atoms with Crippen LogP contribution < -0.4 is 9.47 Å². The molecule has 1 heterocycles. The molecule has 78 valence electrons. The SMILES string of the molecule is Cc1cc(CC#N)c2c(c1C)OCCO2. The Labute approximate surface area is 89.2 Å². The molecule has 0 saturated carbocycles. The fraction of sp³-hybridized carbons (Fsp3) is 0.417. The number of rotatable bonds is 1. The van der Waals surface area contributed by atoms with Gasteiger partial charge in [0.2, 0.25) is 0 Å². The molecule has 3 nitrogen and oxygen atoms in total. The van der Waals surface area contributed by atoms with Crippen LogP contribution in [0.4, 0.5) is 0 Å². The average molecular weight is 203 g/mol. The van der Waals surface area contributed by atoms with Gasteiger partial charge in [0, 0.05) is 5.56 Å². The Balaban J connectivity index is 2.57. The minimum atomic E-state index is 0.368. The van der Waals surface area contributed by atoms with Crippen LogP contribution in [0.5, 0.6) is 11.5 Å². The fourth-order valence-electron chi connectivity index (χ4n) is 1.77. The molecular formula is C12H13NO2. The highest BCUT2D eigenvalue weighted by molar-refractivity contribution is 5.56. The van der Waals surface area contributed by atoms with Crippen molar-refractivity contribution in [3.8, 4) is 17.6 Å². The Hall–Kier alpha value is -1.69. The summed E-state index contributed by atoms with van der Waals surface area (Å²) in [5.74, 6) is 1.57. The van der Waals surface area contributed by atoms with E-state index >= 15 is 0 Å². The van der Waals surface area contributed by atoms with E-state index in [4.69, 9.17) is 14.7 Å². The van der Waals surface area contributed by atoms with Crippen LogP contribution in [-0.2, 0) is 6.42 Å². The largest absolute Gasteiger partial charge is 0.486 e. The Morgan fingerprint density at radius 1 is 1.27 bits per heavy atom. The van der Waals surface area contributed by atoms with Gasteiger partial charge in [0.05, 0.1) is 12.5 Å². The third-order valence-corrected chi connectivity index (χ3v) is 2.67. The molecule has 1 aromatic rings. The van der Waals surface area contributed by atoms with Gasteiger partial charge in [-0.1, -0.05) is 6.07 Å². The van der Waals surface area contributed by atoms with Crippen LogP contribution in [0.1, 0.15) is 16.7 Å². The van der Waals surface area contributed by atoms with Crippen molar-refractivity contribution in [3.05, 3.63) is 22.8 Å². The first-order chi connectivity index (χ1) is 7.24. The lowest BCUT2D eigenvalue weighted by Gasteiger charge is -2.23. The highest BCUT2D eigenvalue weighted by Crippen LogP contribution is 2.38. The first-order valence-electron chi connectivity index (χ1n) is 4.99. The average Bonchev–Trinajstić information content (AvgIpc) is 2.26. The summed E-state index contributed by atoms with van der Waals surface area (Å²) in [6.45, 7) is 5.19. The lowest BCUT2D eigenvalue weighted by molar-refractivity contribution is 0.169. The van der Waals surface area contributed by atoms with Gasteiger partial charge >= 0.3 is 0 Å². The Morgan fingerprint density at radius 2 is 1.93 bits per heavy atom. The van der Waals surface area contributed by atoms with E-state index in [-0.39, 0.29) is 0 Å². The van der Waals surface area contributed by atoms with Crippen LogP contribution >= 0.6 is 0 Å². The third kappa shape index (κ3) is 1.63. The fourth-order valence-corrected chi connectivity index (χ4v) is 1.77. The zero-order valence-electron chi connectivity index (χ0n) is 8.96. The van der Waals surface area contributed by atoms with Crippen molar-refractivity contribution in [1.29, 1.82) is 5.26 Å². The Morgan fingerprint density at radius 3 is 2.60 bits per heavy atom. The third-order valence-electron chi connectivity index (χ3n) is 2.67. The predicted octanol–water partition coefficient (Wildman–Crippen LogP) is 2.14. The lowest BCUT2D eigenvalue weighted by Crippen LogP contribution is -2.17. The van der Waals surface area contributed by atoms with Gasteiger partial charge in [-0.25, -0.2) is 0 Å². The first-order valence-corrected chi connectivity index (χ1v) is 4.99. The highest BCUT2D eigenvalue weighted by Gasteiger charge is 2.19. The van der Waals surface area contributed by atoms with E-state index in [0.29, 0.717) is 19.6 Å². The summed E-state index contributed by atoms with van der Waals surface area (Å²) < 4.78 is 11.2. The van der Waals surface area contributed by atoms with E-state index < -0.39 is 0 Å². The molecule has 3 heteroatoms. The van der Waals surface area contributed by atoms with Crippen molar-refractivity contribution in [2.45, 2.75) is 20.3 Å². The topological polar surface area (TPSA) is 42.2 Å². The maximum atomic E-state index is 8.74. The summed E-state index contributed by atoms with van der Waals surface area (Å²) in [6, 6.07) is 4.15. The summed E-state index contributed by atoms with van der Waals surface area (Å²) in [6.07, 6.45) is 0.368. The number of ether oxygens (including phenoxy) is 2. The Bertz CT molecular complexity index is 432. The van der Waals surface area contributed by atoms with Gasteiger partial charge in [0.25, 0.3) is 0 Å². The summed E-state index contributed by atoms with van der Waals surface area (Å²) in [4.78, 5) is 0. The van der Waals surface area contributed by atoms with Gasteiger partial charge in [-0.2, -0.15) is 5.26 Å². The molecule has 0 saturated heterocycles. The van der Waals surface area contributed by atoms with Gasteiger partial charge in [0.1, 0.15) is 13.2 Å². The standard InChI is InChI=1S/C12H13NO2/c1-8-7-10(3-4-13)12-11(9(8)2)14-5-6-15-12/h7H,3,5-6H2,1-2H3. The molecule has 0 unspecified atom stereocenters. The molecule has 0 bridgehead atoms. The monoisotopic (exact) mass is 203 g/mol. The number of nitrogens with zero attached hydrogens (tertiary/aromatic N) is 1. The van der Waals surface area contributed by atoms with Gasteiger partial charge in [-0.3, -0.25) is 0 Å². The smallest absolute Gasteiger partial charge is 0.165 e. The van der Waals surface area contributed by atoms with Gasteiger partial charge < -0.3 is 9.47 Å². The molecule has 1 aliphatic rings.